The number of hydrogen-bond donors (Lipinski definition) is 0. The van der Waals surface area contributed by atoms with Crippen molar-refractivity contribution in [1.29, 1.82) is 0 Å². The first-order chi connectivity index (χ1) is 16.7. The maximum Gasteiger partial charge on any atom is 0.434 e. The highest BCUT2D eigenvalue weighted by Crippen LogP contribution is 2.41. The zero-order valence-electron chi connectivity index (χ0n) is 19.4. The highest BCUT2D eigenvalue weighted by Gasteiger charge is 2.45. The third-order valence-electron chi connectivity index (χ3n) is 5.53. The summed E-state index contributed by atoms with van der Waals surface area (Å²) in [7, 11) is 2.80. The second kappa shape index (κ2) is 8.95. The topological polar surface area (TPSA) is 64.7 Å². The summed E-state index contributed by atoms with van der Waals surface area (Å²) in [6.45, 7) is 3.36. The van der Waals surface area contributed by atoms with Crippen LogP contribution >= 0.6 is 11.6 Å². The van der Waals surface area contributed by atoms with Gasteiger partial charge in [0.2, 0.25) is 5.28 Å². The molecule has 7 nitrogen and oxygen atoms in total. The number of hydrogen-bond acceptors (Lipinski definition) is 5. The monoisotopic (exact) mass is 531 g/mol. The van der Waals surface area contributed by atoms with Crippen LogP contribution in [0.15, 0.2) is 36.7 Å². The Labute approximate surface area is 206 Å². The summed E-state index contributed by atoms with van der Waals surface area (Å²) in [5, 5.41) is 3.92. The van der Waals surface area contributed by atoms with Gasteiger partial charge in [0.05, 0.1) is 6.20 Å². The molecule has 14 heteroatoms. The van der Waals surface area contributed by atoms with E-state index >= 15 is 0 Å². The first-order valence-electron chi connectivity index (χ1n) is 10.6. The van der Waals surface area contributed by atoms with Crippen molar-refractivity contribution in [2.45, 2.75) is 38.3 Å². The van der Waals surface area contributed by atoms with Crippen LogP contribution in [0.3, 0.4) is 0 Å². The minimum absolute atomic E-state index is 0.00133. The molecule has 1 atom stereocenters. The molecule has 192 valence electrons. The van der Waals surface area contributed by atoms with Crippen molar-refractivity contribution in [1.82, 2.24) is 29.3 Å². The van der Waals surface area contributed by atoms with E-state index in [9.17, 15) is 26.3 Å². The quantitative estimate of drug-likeness (QED) is 0.226. The molecule has 0 bridgehead atoms. The molecule has 0 saturated heterocycles. The van der Waals surface area contributed by atoms with E-state index in [2.05, 4.69) is 20.1 Å². The van der Waals surface area contributed by atoms with Gasteiger partial charge < -0.3 is 9.47 Å². The van der Waals surface area contributed by atoms with E-state index in [-0.39, 0.29) is 45.1 Å². The third kappa shape index (κ3) is 4.84. The van der Waals surface area contributed by atoms with Crippen LogP contribution in [0.25, 0.3) is 22.4 Å². The molecule has 3 heterocycles. The Morgan fingerprint density at radius 3 is 2.14 bits per heavy atom. The van der Waals surface area contributed by atoms with Crippen LogP contribution in [0.2, 0.25) is 5.28 Å². The predicted octanol–water partition coefficient (Wildman–Crippen LogP) is 6.22. The number of halogens is 7. The fourth-order valence-corrected chi connectivity index (χ4v) is 4.11. The largest absolute Gasteiger partial charge is 0.434 e. The maximum absolute atomic E-state index is 14.3. The molecule has 1 unspecified atom stereocenters. The second-order valence-electron chi connectivity index (χ2n) is 8.48. The lowest BCUT2D eigenvalue weighted by Gasteiger charge is -2.31. The standard InChI is InChI=1S/C22H20ClF6N7/c1-11(2)36-10-15(21(24,25)26)31-18(36)13-7-5-12(6-8-13)17(22(27,28)29)35(4)19-16-14(9-34(3)33-16)30-20(23)32-19/h5-11,17H,1-4H3. The van der Waals surface area contributed by atoms with Gasteiger partial charge in [0.25, 0.3) is 0 Å². The number of aromatic nitrogens is 6. The van der Waals surface area contributed by atoms with Gasteiger partial charge in [0.15, 0.2) is 23.1 Å². The van der Waals surface area contributed by atoms with E-state index in [0.29, 0.717) is 0 Å². The van der Waals surface area contributed by atoms with E-state index in [1.54, 1.807) is 20.9 Å². The van der Waals surface area contributed by atoms with Crippen molar-refractivity contribution in [2.75, 3.05) is 11.9 Å². The van der Waals surface area contributed by atoms with Crippen molar-refractivity contribution < 1.29 is 26.3 Å². The maximum atomic E-state index is 14.3. The van der Waals surface area contributed by atoms with Gasteiger partial charge in [-0.2, -0.15) is 36.4 Å². The van der Waals surface area contributed by atoms with Crippen LogP contribution in [-0.4, -0.2) is 42.5 Å². The molecular weight excluding hydrogens is 512 g/mol. The summed E-state index contributed by atoms with van der Waals surface area (Å²) < 4.78 is 85.2. The van der Waals surface area contributed by atoms with Crippen LogP contribution < -0.4 is 4.90 Å². The van der Waals surface area contributed by atoms with Crippen molar-refractivity contribution >= 4 is 28.5 Å². The zero-order valence-corrected chi connectivity index (χ0v) is 20.2. The van der Waals surface area contributed by atoms with Crippen molar-refractivity contribution in [3.05, 3.63) is 53.2 Å². The Balaban J connectivity index is 1.77. The average Bonchev–Trinajstić information content (AvgIpc) is 3.36. The molecule has 4 rings (SSSR count). The molecular formula is C22H20ClF6N7. The Bertz CT molecular complexity index is 1390. The molecule has 0 radical (unpaired) electrons. The first kappa shape index (κ1) is 25.7. The van der Waals surface area contributed by atoms with Gasteiger partial charge >= 0.3 is 12.4 Å². The van der Waals surface area contributed by atoms with E-state index in [1.165, 1.54) is 46.8 Å². The molecule has 0 aliphatic rings. The van der Waals surface area contributed by atoms with Gasteiger partial charge in [0, 0.05) is 31.9 Å². The van der Waals surface area contributed by atoms with Gasteiger partial charge in [-0.3, -0.25) is 4.68 Å². The SMILES string of the molecule is CC(C)n1cc(C(F)(F)F)nc1-c1ccc(C(N(C)c2nc(Cl)nc3cn(C)nc23)C(F)(F)F)cc1. The lowest BCUT2D eigenvalue weighted by molar-refractivity contribution is -0.149. The van der Waals surface area contributed by atoms with Gasteiger partial charge in [-0.25, -0.2) is 9.97 Å². The minimum atomic E-state index is -4.74. The van der Waals surface area contributed by atoms with Crippen LogP contribution in [0.5, 0.6) is 0 Å². The lowest BCUT2D eigenvalue weighted by atomic mass is 10.0. The van der Waals surface area contributed by atoms with E-state index < -0.39 is 24.1 Å². The van der Waals surface area contributed by atoms with Gasteiger partial charge in [-0.1, -0.05) is 24.3 Å². The summed E-state index contributed by atoms with van der Waals surface area (Å²) in [5.41, 5.74) is -0.594. The fourth-order valence-electron chi connectivity index (χ4n) is 3.93. The summed E-state index contributed by atoms with van der Waals surface area (Å²) in [5.74, 6) is -0.124. The number of alkyl halides is 6. The molecule has 3 aromatic heterocycles. The number of aryl methyl sites for hydroxylation is 1. The number of benzene rings is 1. The number of nitrogens with zero attached hydrogens (tertiary/aromatic N) is 7. The van der Waals surface area contributed by atoms with E-state index in [4.69, 9.17) is 11.6 Å². The van der Waals surface area contributed by atoms with Crippen LogP contribution in [0.1, 0.15) is 37.2 Å². The summed E-state index contributed by atoms with van der Waals surface area (Å²) in [6.07, 6.45) is -7.01. The average molecular weight is 532 g/mol. The van der Waals surface area contributed by atoms with E-state index in [1.807, 2.05) is 0 Å². The third-order valence-corrected chi connectivity index (χ3v) is 5.70. The van der Waals surface area contributed by atoms with Crippen LogP contribution in [-0.2, 0) is 13.2 Å². The van der Waals surface area contributed by atoms with Crippen molar-refractivity contribution in [3.63, 3.8) is 0 Å². The van der Waals surface area contributed by atoms with Crippen molar-refractivity contribution in [3.8, 4) is 11.4 Å². The van der Waals surface area contributed by atoms with Gasteiger partial charge in [-0.05, 0) is 31.0 Å². The first-order valence-corrected chi connectivity index (χ1v) is 11.0. The number of rotatable bonds is 5. The zero-order chi connectivity index (χ0) is 26.6. The molecule has 0 saturated carbocycles. The lowest BCUT2D eigenvalue weighted by Crippen LogP contribution is -2.36. The molecule has 36 heavy (non-hydrogen) atoms. The Kier molecular flexibility index (Phi) is 6.40. The normalized spacial score (nSPS) is 13.6. The van der Waals surface area contributed by atoms with Crippen LogP contribution in [0, 0.1) is 0 Å². The predicted molar refractivity (Wildman–Crippen MR) is 122 cm³/mol. The molecule has 0 N–H and O–H groups in total. The number of imidazole rings is 1. The summed E-state index contributed by atoms with van der Waals surface area (Å²) in [4.78, 5) is 12.6. The Hall–Kier alpha value is -3.35. The molecule has 0 amide bonds. The van der Waals surface area contributed by atoms with E-state index in [0.717, 1.165) is 11.1 Å². The molecule has 4 aromatic rings. The van der Waals surface area contributed by atoms with Crippen molar-refractivity contribution in [2.24, 2.45) is 7.05 Å². The highest BCUT2D eigenvalue weighted by molar-refractivity contribution is 6.28. The molecule has 0 aliphatic carbocycles. The second-order valence-corrected chi connectivity index (χ2v) is 8.82. The minimum Gasteiger partial charge on any atom is -0.342 e. The molecule has 0 aliphatic heterocycles. The van der Waals surface area contributed by atoms with Gasteiger partial charge in [-0.15, -0.1) is 0 Å². The Morgan fingerprint density at radius 1 is 0.944 bits per heavy atom. The molecule has 0 fully saturated rings. The highest BCUT2D eigenvalue weighted by atomic mass is 35.5. The molecule has 1 aromatic carbocycles. The molecule has 0 spiro atoms. The Morgan fingerprint density at radius 2 is 1.58 bits per heavy atom. The fraction of sp³-hybridized carbons (Fsp3) is 0.364. The number of anilines is 1. The van der Waals surface area contributed by atoms with Gasteiger partial charge in [0.1, 0.15) is 11.3 Å². The smallest absolute Gasteiger partial charge is 0.342 e. The summed E-state index contributed by atoms with van der Waals surface area (Å²) >= 11 is 5.95. The summed E-state index contributed by atoms with van der Waals surface area (Å²) in [6, 6.07) is 2.52. The van der Waals surface area contributed by atoms with Crippen LogP contribution in [0.4, 0.5) is 32.2 Å². The number of fused-ring (bicyclic) bond motifs is 1.